The van der Waals surface area contributed by atoms with Crippen molar-refractivity contribution in [1.82, 2.24) is 14.1 Å². The van der Waals surface area contributed by atoms with Gasteiger partial charge < -0.3 is 5.32 Å². The van der Waals surface area contributed by atoms with Gasteiger partial charge in [0, 0.05) is 11.8 Å². The Morgan fingerprint density at radius 1 is 1.47 bits per heavy atom. The first-order valence-electron chi connectivity index (χ1n) is 5.93. The van der Waals surface area contributed by atoms with Gasteiger partial charge in [-0.1, -0.05) is 6.08 Å². The molecule has 106 valence electrons. The van der Waals surface area contributed by atoms with Crippen molar-refractivity contribution in [2.24, 2.45) is 0 Å². The Kier molecular flexibility index (Phi) is 4.86. The number of aromatic nitrogens is 2. The highest BCUT2D eigenvalue weighted by atomic mass is 32.2. The Balaban J connectivity index is 2.03. The Morgan fingerprint density at radius 2 is 2.26 bits per heavy atom. The first kappa shape index (κ1) is 14.8. The van der Waals surface area contributed by atoms with Crippen molar-refractivity contribution < 1.29 is 13.2 Å². The fourth-order valence-electron chi connectivity index (χ4n) is 1.83. The van der Waals surface area contributed by atoms with Crippen molar-refractivity contribution >= 4 is 29.1 Å². The van der Waals surface area contributed by atoms with Crippen LogP contribution in [0, 0.1) is 0 Å². The zero-order valence-electron chi connectivity index (χ0n) is 10.3. The van der Waals surface area contributed by atoms with Crippen LogP contribution in [0.2, 0.25) is 0 Å². The van der Waals surface area contributed by atoms with Crippen molar-refractivity contribution in [3.8, 4) is 0 Å². The van der Waals surface area contributed by atoms with Crippen molar-refractivity contribution in [2.45, 2.75) is 37.0 Å². The molecular formula is C11H14F3N3S2. The number of thioether (sulfide) groups is 1. The molecule has 1 aliphatic heterocycles. The monoisotopic (exact) mass is 309 g/mol. The molecule has 0 aromatic carbocycles. The Morgan fingerprint density at radius 3 is 2.95 bits per heavy atom. The quantitative estimate of drug-likeness (QED) is 0.866. The summed E-state index contributed by atoms with van der Waals surface area (Å²) in [7, 11) is 0. The van der Waals surface area contributed by atoms with E-state index in [1.807, 2.05) is 6.92 Å². The number of hydrogen-bond acceptors (Lipinski definition) is 5. The second kappa shape index (κ2) is 6.23. The van der Waals surface area contributed by atoms with Crippen LogP contribution < -0.4 is 5.32 Å². The Bertz CT molecular complexity index is 456. The summed E-state index contributed by atoms with van der Waals surface area (Å²) in [5.74, 6) is -0.0169. The molecule has 2 rings (SSSR count). The maximum absolute atomic E-state index is 12.1. The van der Waals surface area contributed by atoms with Crippen LogP contribution in [0.1, 0.15) is 25.5 Å². The van der Waals surface area contributed by atoms with Crippen molar-refractivity contribution in [3.05, 3.63) is 11.8 Å². The first-order valence-corrected chi connectivity index (χ1v) is 7.65. The smallest absolute Gasteiger partial charge is 0.310 e. The average molecular weight is 309 g/mol. The summed E-state index contributed by atoms with van der Waals surface area (Å²) in [6.45, 7) is 2.94. The molecule has 0 spiro atoms. The first-order chi connectivity index (χ1) is 8.97. The molecule has 0 radical (unpaired) electrons. The van der Waals surface area contributed by atoms with Crippen LogP contribution in [-0.2, 0) is 0 Å². The largest absolute Gasteiger partial charge is 0.389 e. The highest BCUT2D eigenvalue weighted by Gasteiger charge is 2.27. The van der Waals surface area contributed by atoms with Gasteiger partial charge in [-0.25, -0.2) is 0 Å². The number of alkyl halides is 3. The standard InChI is InChI=1S/C11H14F3N3S2/c1-7-8(3-2-5-15-7)9-10(17-19-16-9)18-6-4-11(12,13)14/h3,7,15H,2,4-6H2,1H3. The molecule has 3 nitrogen and oxygen atoms in total. The lowest BCUT2D eigenvalue weighted by Crippen LogP contribution is -2.31. The molecule has 0 saturated heterocycles. The van der Waals surface area contributed by atoms with Gasteiger partial charge in [0.15, 0.2) is 0 Å². The van der Waals surface area contributed by atoms with Crippen LogP contribution in [0.3, 0.4) is 0 Å². The van der Waals surface area contributed by atoms with Crippen LogP contribution in [0.15, 0.2) is 11.1 Å². The summed E-state index contributed by atoms with van der Waals surface area (Å²) in [5.41, 5.74) is 1.77. The van der Waals surface area contributed by atoms with Gasteiger partial charge >= 0.3 is 6.18 Å². The predicted molar refractivity (Wildman–Crippen MR) is 71.4 cm³/mol. The number of nitrogens with one attached hydrogen (secondary N) is 1. The molecule has 0 saturated carbocycles. The normalized spacial score (nSPS) is 20.4. The highest BCUT2D eigenvalue weighted by molar-refractivity contribution is 7.99. The van der Waals surface area contributed by atoms with E-state index < -0.39 is 12.6 Å². The maximum Gasteiger partial charge on any atom is 0.389 e. The second-order valence-electron chi connectivity index (χ2n) is 4.26. The fourth-order valence-corrected chi connectivity index (χ4v) is 3.50. The molecule has 0 amide bonds. The lowest BCUT2D eigenvalue weighted by molar-refractivity contribution is -0.129. The van der Waals surface area contributed by atoms with Gasteiger partial charge in [-0.15, -0.1) is 11.8 Å². The number of hydrogen-bond donors (Lipinski definition) is 1. The van der Waals surface area contributed by atoms with Crippen molar-refractivity contribution in [2.75, 3.05) is 12.3 Å². The van der Waals surface area contributed by atoms with Crippen LogP contribution in [0.5, 0.6) is 0 Å². The molecule has 1 unspecified atom stereocenters. The minimum atomic E-state index is -4.12. The van der Waals surface area contributed by atoms with Crippen LogP contribution in [-0.4, -0.2) is 33.3 Å². The number of halogens is 3. The molecule has 0 bridgehead atoms. The molecular weight excluding hydrogens is 295 g/mol. The summed E-state index contributed by atoms with van der Waals surface area (Å²) >= 11 is 2.17. The van der Waals surface area contributed by atoms with Crippen LogP contribution >= 0.6 is 23.5 Å². The topological polar surface area (TPSA) is 37.8 Å². The zero-order chi connectivity index (χ0) is 13.9. The molecule has 1 aliphatic rings. The number of nitrogens with zero attached hydrogens (tertiary/aromatic N) is 2. The van der Waals surface area contributed by atoms with E-state index in [1.54, 1.807) is 0 Å². The van der Waals surface area contributed by atoms with E-state index in [4.69, 9.17) is 0 Å². The predicted octanol–water partition coefficient (Wildman–Crippen LogP) is 3.35. The zero-order valence-corrected chi connectivity index (χ0v) is 12.0. The second-order valence-corrected chi connectivity index (χ2v) is 5.87. The van der Waals surface area contributed by atoms with Gasteiger partial charge in [0.05, 0.1) is 18.1 Å². The van der Waals surface area contributed by atoms with Gasteiger partial charge in [-0.05, 0) is 25.5 Å². The highest BCUT2D eigenvalue weighted by Crippen LogP contribution is 2.32. The molecule has 1 aromatic rings. The van der Waals surface area contributed by atoms with E-state index in [-0.39, 0.29) is 11.8 Å². The van der Waals surface area contributed by atoms with E-state index in [1.165, 1.54) is 0 Å². The number of rotatable bonds is 4. The lowest BCUT2D eigenvalue weighted by atomic mass is 10.0. The molecule has 1 N–H and O–H groups in total. The third kappa shape index (κ3) is 4.19. The van der Waals surface area contributed by atoms with E-state index in [0.29, 0.717) is 5.03 Å². The maximum atomic E-state index is 12.1. The van der Waals surface area contributed by atoms with E-state index in [0.717, 1.165) is 47.7 Å². The third-order valence-electron chi connectivity index (χ3n) is 2.78. The van der Waals surface area contributed by atoms with E-state index >= 15 is 0 Å². The molecule has 2 heterocycles. The van der Waals surface area contributed by atoms with Crippen molar-refractivity contribution in [3.63, 3.8) is 0 Å². The summed E-state index contributed by atoms with van der Waals surface area (Å²) < 4.78 is 44.7. The molecule has 8 heteroatoms. The molecule has 1 atom stereocenters. The van der Waals surface area contributed by atoms with Gasteiger partial charge in [0.2, 0.25) is 0 Å². The summed E-state index contributed by atoms with van der Waals surface area (Å²) in [6, 6.07) is 0.166. The lowest BCUT2D eigenvalue weighted by Gasteiger charge is -2.21. The minimum Gasteiger partial charge on any atom is -0.310 e. The van der Waals surface area contributed by atoms with Gasteiger partial charge in [0.1, 0.15) is 10.7 Å². The van der Waals surface area contributed by atoms with E-state index in [2.05, 4.69) is 20.1 Å². The van der Waals surface area contributed by atoms with Crippen LogP contribution in [0.4, 0.5) is 13.2 Å². The Labute approximate surface area is 118 Å². The van der Waals surface area contributed by atoms with E-state index in [9.17, 15) is 13.2 Å². The van der Waals surface area contributed by atoms with Gasteiger partial charge in [-0.3, -0.25) is 0 Å². The third-order valence-corrected chi connectivity index (χ3v) is 4.39. The molecule has 0 aliphatic carbocycles. The summed E-state index contributed by atoms with van der Waals surface area (Å²) in [5, 5.41) is 3.91. The molecule has 19 heavy (non-hydrogen) atoms. The summed E-state index contributed by atoms with van der Waals surface area (Å²) in [4.78, 5) is 0. The van der Waals surface area contributed by atoms with Gasteiger partial charge in [0.25, 0.3) is 0 Å². The minimum absolute atomic E-state index is 0.0169. The van der Waals surface area contributed by atoms with Crippen molar-refractivity contribution in [1.29, 1.82) is 0 Å². The van der Waals surface area contributed by atoms with Gasteiger partial charge in [-0.2, -0.15) is 21.9 Å². The molecule has 0 fully saturated rings. The van der Waals surface area contributed by atoms with Crippen LogP contribution in [0.25, 0.3) is 5.57 Å². The molecule has 1 aromatic heterocycles. The Hall–Kier alpha value is -0.600. The fraction of sp³-hybridized carbons (Fsp3) is 0.636. The average Bonchev–Trinajstić information content (AvgIpc) is 2.76. The summed E-state index contributed by atoms with van der Waals surface area (Å²) in [6.07, 6.45) is -1.92. The SMILES string of the molecule is CC1NCCC=C1c1nsnc1SCCC(F)(F)F.